The van der Waals surface area contributed by atoms with E-state index in [0.29, 0.717) is 0 Å². The van der Waals surface area contributed by atoms with E-state index in [1.165, 1.54) is 22.6 Å². The van der Waals surface area contributed by atoms with Crippen molar-refractivity contribution in [2.75, 3.05) is 47.9 Å². The Bertz CT molecular complexity index is 935. The topological polar surface area (TPSA) is 13.0 Å². The van der Waals surface area contributed by atoms with Crippen LogP contribution in [0.1, 0.15) is 5.56 Å². The summed E-state index contributed by atoms with van der Waals surface area (Å²) in [6.45, 7) is 5.15. The first-order valence-corrected chi connectivity index (χ1v) is 10.5. The smallest absolute Gasteiger partial charge is 0.160 e. The summed E-state index contributed by atoms with van der Waals surface area (Å²) in [6, 6.07) is 30.4. The second kappa shape index (κ2) is 7.80. The summed E-state index contributed by atoms with van der Waals surface area (Å²) in [6.07, 6.45) is 0.227. The van der Waals surface area contributed by atoms with E-state index in [2.05, 4.69) is 112 Å². The maximum absolute atomic E-state index is 2.63. The molecule has 1 fully saturated rings. The molecule has 2 aliphatic heterocycles. The highest BCUT2D eigenvalue weighted by molar-refractivity contribution is 5.62. The van der Waals surface area contributed by atoms with Crippen molar-refractivity contribution in [2.24, 2.45) is 0 Å². The first-order valence-electron chi connectivity index (χ1n) is 10.5. The van der Waals surface area contributed by atoms with Gasteiger partial charge in [0.1, 0.15) is 0 Å². The highest BCUT2D eigenvalue weighted by atomic mass is 15.5. The molecule has 0 radical (unpaired) electrons. The number of hydrogen-bond donors (Lipinski definition) is 0. The number of fused-ring (bicyclic) bond motifs is 1. The van der Waals surface area contributed by atoms with Crippen molar-refractivity contribution < 1.29 is 0 Å². The Morgan fingerprint density at radius 2 is 1.24 bits per heavy atom. The summed E-state index contributed by atoms with van der Waals surface area (Å²) in [5.74, 6) is 0. The first-order chi connectivity index (χ1) is 14.3. The first kappa shape index (κ1) is 18.1. The lowest BCUT2D eigenvalue weighted by Crippen LogP contribution is -2.63. The van der Waals surface area contributed by atoms with Crippen LogP contribution in [-0.2, 0) is 6.54 Å². The van der Waals surface area contributed by atoms with Gasteiger partial charge < -0.3 is 14.7 Å². The lowest BCUT2D eigenvalue weighted by atomic mass is 10.1. The predicted octanol–water partition coefficient (Wildman–Crippen LogP) is 4.25. The molecule has 2 aliphatic rings. The Morgan fingerprint density at radius 3 is 1.93 bits per heavy atom. The summed E-state index contributed by atoms with van der Waals surface area (Å²) in [4.78, 5) is 10.1. The second-order valence-electron chi connectivity index (χ2n) is 7.91. The molecule has 3 aromatic carbocycles. The molecule has 1 saturated heterocycles. The van der Waals surface area contributed by atoms with Gasteiger partial charge >= 0.3 is 0 Å². The van der Waals surface area contributed by atoms with Gasteiger partial charge in [0.05, 0.1) is 0 Å². The zero-order valence-electron chi connectivity index (χ0n) is 17.0. The maximum Gasteiger partial charge on any atom is 0.160 e. The minimum Gasteiger partial charge on any atom is -0.369 e. The SMILES string of the molecule is CN1c2ccccc2CN(c2ccccc2)C1N1CCN(c2ccccc2)CC1. The summed E-state index contributed by atoms with van der Waals surface area (Å²) < 4.78 is 0. The largest absolute Gasteiger partial charge is 0.369 e. The highest BCUT2D eigenvalue weighted by Gasteiger charge is 2.36. The molecule has 4 nitrogen and oxygen atoms in total. The van der Waals surface area contributed by atoms with Crippen LogP contribution in [0.3, 0.4) is 0 Å². The van der Waals surface area contributed by atoms with Gasteiger partial charge in [0.15, 0.2) is 6.29 Å². The minimum absolute atomic E-state index is 0.227. The third-order valence-electron chi connectivity index (χ3n) is 6.19. The van der Waals surface area contributed by atoms with Crippen molar-refractivity contribution in [2.45, 2.75) is 12.8 Å². The zero-order chi connectivity index (χ0) is 19.6. The highest BCUT2D eigenvalue weighted by Crippen LogP contribution is 2.34. The molecule has 1 atom stereocenters. The normalized spacial score (nSPS) is 19.9. The van der Waals surface area contributed by atoms with E-state index < -0.39 is 0 Å². The molecule has 2 heterocycles. The van der Waals surface area contributed by atoms with Crippen molar-refractivity contribution in [3.8, 4) is 0 Å². The molecule has 0 amide bonds. The van der Waals surface area contributed by atoms with Crippen LogP contribution in [0.25, 0.3) is 0 Å². The quantitative estimate of drug-likeness (QED) is 0.669. The standard InChI is InChI=1S/C25H28N4/c1-26-24-15-9-8-10-21(24)20-29(23-13-6-3-7-14-23)25(26)28-18-16-27(17-19-28)22-11-4-2-5-12-22/h2-15,25H,16-20H2,1H3. The van der Waals surface area contributed by atoms with Crippen molar-refractivity contribution in [1.82, 2.24) is 4.90 Å². The van der Waals surface area contributed by atoms with Gasteiger partial charge in [-0.1, -0.05) is 54.6 Å². The number of benzene rings is 3. The van der Waals surface area contributed by atoms with Crippen LogP contribution < -0.4 is 14.7 Å². The summed E-state index contributed by atoms with van der Waals surface area (Å²) in [7, 11) is 2.24. The van der Waals surface area contributed by atoms with E-state index in [1.54, 1.807) is 0 Å². The van der Waals surface area contributed by atoms with Crippen molar-refractivity contribution in [1.29, 1.82) is 0 Å². The third-order valence-corrected chi connectivity index (χ3v) is 6.19. The van der Waals surface area contributed by atoms with Crippen LogP contribution >= 0.6 is 0 Å². The van der Waals surface area contributed by atoms with Gasteiger partial charge in [0, 0.05) is 56.8 Å². The van der Waals surface area contributed by atoms with Gasteiger partial charge in [-0.05, 0) is 35.9 Å². The van der Waals surface area contributed by atoms with Gasteiger partial charge in [0.2, 0.25) is 0 Å². The Balaban J connectivity index is 1.42. The van der Waals surface area contributed by atoms with Crippen LogP contribution in [-0.4, -0.2) is 44.4 Å². The Labute approximate surface area is 173 Å². The van der Waals surface area contributed by atoms with Gasteiger partial charge in [-0.3, -0.25) is 4.90 Å². The molecule has 5 rings (SSSR count). The fourth-order valence-electron chi connectivity index (χ4n) is 4.72. The van der Waals surface area contributed by atoms with Crippen LogP contribution in [0, 0.1) is 0 Å². The molecule has 0 bridgehead atoms. The molecule has 0 aromatic heterocycles. The maximum atomic E-state index is 2.63. The monoisotopic (exact) mass is 384 g/mol. The number of hydrogen-bond acceptors (Lipinski definition) is 4. The van der Waals surface area contributed by atoms with E-state index in [-0.39, 0.29) is 6.29 Å². The number of nitrogens with zero attached hydrogens (tertiary/aromatic N) is 4. The summed E-state index contributed by atoms with van der Waals surface area (Å²) in [5.41, 5.74) is 5.34. The van der Waals surface area contributed by atoms with E-state index in [0.717, 1.165) is 32.7 Å². The van der Waals surface area contributed by atoms with Crippen LogP contribution in [0.5, 0.6) is 0 Å². The fourth-order valence-corrected chi connectivity index (χ4v) is 4.72. The molecule has 148 valence electrons. The van der Waals surface area contributed by atoms with Crippen LogP contribution in [0.15, 0.2) is 84.9 Å². The van der Waals surface area contributed by atoms with E-state index >= 15 is 0 Å². The molecule has 0 N–H and O–H groups in total. The number of rotatable bonds is 3. The van der Waals surface area contributed by atoms with Gasteiger partial charge in [0.25, 0.3) is 0 Å². The van der Waals surface area contributed by atoms with Gasteiger partial charge in [-0.25, -0.2) is 0 Å². The molecule has 0 saturated carbocycles. The van der Waals surface area contributed by atoms with E-state index in [4.69, 9.17) is 0 Å². The average Bonchev–Trinajstić information content (AvgIpc) is 2.80. The van der Waals surface area contributed by atoms with Gasteiger partial charge in [-0.15, -0.1) is 0 Å². The second-order valence-corrected chi connectivity index (χ2v) is 7.91. The molecule has 4 heteroatoms. The Hall–Kier alpha value is -2.98. The lowest BCUT2D eigenvalue weighted by Gasteiger charge is -2.52. The molecule has 0 aliphatic carbocycles. The predicted molar refractivity (Wildman–Crippen MR) is 121 cm³/mol. The Kier molecular flexibility index (Phi) is 4.86. The molecule has 1 unspecified atom stereocenters. The molecular formula is C25H28N4. The van der Waals surface area contributed by atoms with E-state index in [9.17, 15) is 0 Å². The third kappa shape index (κ3) is 3.45. The van der Waals surface area contributed by atoms with Crippen molar-refractivity contribution in [3.63, 3.8) is 0 Å². The fraction of sp³-hybridized carbons (Fsp3) is 0.280. The van der Waals surface area contributed by atoms with Crippen molar-refractivity contribution in [3.05, 3.63) is 90.5 Å². The van der Waals surface area contributed by atoms with Gasteiger partial charge in [-0.2, -0.15) is 0 Å². The average molecular weight is 385 g/mol. The van der Waals surface area contributed by atoms with E-state index in [1.807, 2.05) is 0 Å². The van der Waals surface area contributed by atoms with Crippen LogP contribution in [0.2, 0.25) is 0 Å². The Morgan fingerprint density at radius 1 is 0.655 bits per heavy atom. The minimum atomic E-state index is 0.227. The number of para-hydroxylation sites is 3. The van der Waals surface area contributed by atoms with Crippen molar-refractivity contribution >= 4 is 17.1 Å². The molecule has 3 aromatic rings. The molecule has 29 heavy (non-hydrogen) atoms. The zero-order valence-corrected chi connectivity index (χ0v) is 17.0. The number of piperazine rings is 1. The number of anilines is 3. The molecule has 0 spiro atoms. The van der Waals surface area contributed by atoms with Crippen LogP contribution in [0.4, 0.5) is 17.1 Å². The lowest BCUT2D eigenvalue weighted by molar-refractivity contribution is 0.172. The summed E-state index contributed by atoms with van der Waals surface area (Å²) in [5, 5.41) is 0. The summed E-state index contributed by atoms with van der Waals surface area (Å²) >= 11 is 0. The molecular weight excluding hydrogens is 356 g/mol.